The van der Waals surface area contributed by atoms with Crippen molar-refractivity contribution in [2.24, 2.45) is 5.73 Å². The molecule has 2 heterocycles. The van der Waals surface area contributed by atoms with E-state index in [1.54, 1.807) is 17.0 Å². The molecule has 13 heteroatoms. The van der Waals surface area contributed by atoms with Crippen LogP contribution in [0, 0.1) is 25.2 Å². The number of nitrogens with one attached hydrogen (secondary N) is 1. The number of thioether (sulfide) groups is 1. The van der Waals surface area contributed by atoms with Gasteiger partial charge in [-0.2, -0.15) is 5.26 Å². The number of hydrogen-bond donors (Lipinski definition) is 2. The van der Waals surface area contributed by atoms with Crippen molar-refractivity contribution in [2.45, 2.75) is 43.4 Å². The highest BCUT2D eigenvalue weighted by atomic mass is 32.2. The third-order valence-corrected chi connectivity index (χ3v) is 9.57. The van der Waals surface area contributed by atoms with Crippen LogP contribution < -0.4 is 30.2 Å². The maximum absolute atomic E-state index is 13.6. The van der Waals surface area contributed by atoms with Gasteiger partial charge in [-0.25, -0.2) is 0 Å². The molecule has 1 aliphatic heterocycles. The van der Waals surface area contributed by atoms with E-state index < -0.39 is 5.92 Å². The molecule has 0 bridgehead atoms. The highest BCUT2D eigenvalue weighted by Crippen LogP contribution is 2.50. The summed E-state index contributed by atoms with van der Waals surface area (Å²) in [6.45, 7) is 3.95. The molecule has 1 aromatic heterocycles. The number of amides is 1. The molecule has 0 spiro atoms. The third kappa shape index (κ3) is 5.82. The molecule has 0 saturated heterocycles. The summed E-state index contributed by atoms with van der Waals surface area (Å²) < 4.78 is 17.2. The Morgan fingerprint density at radius 1 is 1.11 bits per heavy atom. The topological polar surface area (TPSA) is 153 Å². The summed E-state index contributed by atoms with van der Waals surface area (Å²) in [7, 11) is 4.55. The van der Waals surface area contributed by atoms with Gasteiger partial charge in [0.1, 0.15) is 11.6 Å². The molecule has 1 atom stereocenters. The Labute approximate surface area is 263 Å². The largest absolute Gasteiger partial charge is 0.496 e. The van der Waals surface area contributed by atoms with Crippen molar-refractivity contribution < 1.29 is 23.8 Å². The number of methoxy groups -OCH3 is 3. The van der Waals surface area contributed by atoms with Crippen molar-refractivity contribution in [3.8, 4) is 23.3 Å². The van der Waals surface area contributed by atoms with Gasteiger partial charge in [0, 0.05) is 35.0 Å². The molecule has 1 unspecified atom stereocenters. The Bertz CT molecular complexity index is 1740. The monoisotopic (exact) mass is 632 g/mol. The van der Waals surface area contributed by atoms with Crippen molar-refractivity contribution in [3.63, 3.8) is 0 Å². The van der Waals surface area contributed by atoms with Crippen LogP contribution in [0.2, 0.25) is 0 Å². The molecule has 5 rings (SSSR count). The highest BCUT2D eigenvalue weighted by molar-refractivity contribution is 8.01. The fraction of sp³-hybridized carbons (Fsp3) is 0.323. The van der Waals surface area contributed by atoms with Gasteiger partial charge in [0.05, 0.1) is 44.6 Å². The third-order valence-electron chi connectivity index (χ3n) is 7.53. The van der Waals surface area contributed by atoms with Crippen molar-refractivity contribution in [3.05, 3.63) is 69.7 Å². The molecule has 1 aliphatic carbocycles. The number of aryl methyl sites for hydroxylation is 2. The normalized spacial score (nSPS) is 16.4. The molecule has 228 valence electrons. The molecule has 3 N–H and O–H groups in total. The second-order valence-electron chi connectivity index (χ2n) is 10.3. The van der Waals surface area contributed by atoms with Crippen molar-refractivity contribution in [1.82, 2.24) is 10.2 Å². The summed E-state index contributed by atoms with van der Waals surface area (Å²) in [5.74, 6) is 0.571. The van der Waals surface area contributed by atoms with Crippen molar-refractivity contribution in [1.29, 1.82) is 5.26 Å². The van der Waals surface area contributed by atoms with Crippen LogP contribution in [0.15, 0.2) is 57.3 Å². The van der Waals surface area contributed by atoms with E-state index in [2.05, 4.69) is 21.6 Å². The number of aromatic nitrogens is 2. The number of nitrogens with two attached hydrogens (primary N) is 1. The predicted molar refractivity (Wildman–Crippen MR) is 169 cm³/mol. The Balaban J connectivity index is 1.48. The quantitative estimate of drug-likeness (QED) is 0.299. The Kier molecular flexibility index (Phi) is 9.12. The number of ketones is 1. The second kappa shape index (κ2) is 13.0. The summed E-state index contributed by atoms with van der Waals surface area (Å²) >= 11 is 2.49. The van der Waals surface area contributed by atoms with Crippen molar-refractivity contribution >= 4 is 45.6 Å². The number of benzene rings is 2. The summed E-state index contributed by atoms with van der Waals surface area (Å²) in [6.07, 6.45) is 1.51. The van der Waals surface area contributed by atoms with E-state index in [1.807, 2.05) is 32.0 Å². The molecular formula is C31H32N6O5S2. The van der Waals surface area contributed by atoms with E-state index in [-0.39, 0.29) is 28.8 Å². The lowest BCUT2D eigenvalue weighted by atomic mass is 9.75. The van der Waals surface area contributed by atoms with Gasteiger partial charge in [0.15, 0.2) is 21.6 Å². The summed E-state index contributed by atoms with van der Waals surface area (Å²) in [4.78, 5) is 27.9. The lowest BCUT2D eigenvalue weighted by molar-refractivity contribution is -0.116. The van der Waals surface area contributed by atoms with Gasteiger partial charge in [-0.05, 0) is 44.4 Å². The molecular weight excluding hydrogens is 601 g/mol. The highest BCUT2D eigenvalue weighted by Gasteiger charge is 2.42. The summed E-state index contributed by atoms with van der Waals surface area (Å²) in [6, 6.07) is 11.5. The fourth-order valence-corrected chi connectivity index (χ4v) is 7.19. The number of nitrogens with zero attached hydrogens (tertiary/aromatic N) is 4. The predicted octanol–water partition coefficient (Wildman–Crippen LogP) is 5.22. The average Bonchev–Trinajstić information content (AvgIpc) is 3.48. The molecule has 0 radical (unpaired) electrons. The standard InChI is InChI=1S/C31H32N6O5S2/c1-16-9-10-20(17(2)11-16)34-26(39)15-43-31-36-35-30(44-31)37-21-7-6-8-22(38)28(21)27(19(14-32)29(37)33)18-12-24(41-4)25(42-5)13-23(18)40-3/h9-13,27H,6-8,15,33H2,1-5H3,(H,34,39). The average molecular weight is 633 g/mol. The molecule has 0 fully saturated rings. The molecule has 2 aliphatic rings. The van der Waals surface area contributed by atoms with Gasteiger partial charge in [-0.15, -0.1) is 10.2 Å². The first-order valence-corrected chi connectivity index (χ1v) is 15.6. The number of hydrogen-bond acceptors (Lipinski definition) is 12. The minimum absolute atomic E-state index is 0.0829. The van der Waals surface area contributed by atoms with Gasteiger partial charge in [-0.3, -0.25) is 14.5 Å². The minimum Gasteiger partial charge on any atom is -0.496 e. The first-order chi connectivity index (χ1) is 21.2. The number of anilines is 2. The first kappa shape index (κ1) is 30.9. The van der Waals surface area contributed by atoms with Crippen LogP contribution in [0.4, 0.5) is 10.8 Å². The van der Waals surface area contributed by atoms with E-state index in [0.29, 0.717) is 62.8 Å². The van der Waals surface area contributed by atoms with E-state index >= 15 is 0 Å². The van der Waals surface area contributed by atoms with Crippen LogP contribution in [0.5, 0.6) is 17.2 Å². The molecule has 3 aromatic rings. The maximum Gasteiger partial charge on any atom is 0.234 e. The number of carbonyl (C=O) groups excluding carboxylic acids is 2. The van der Waals surface area contributed by atoms with Gasteiger partial charge in [0.2, 0.25) is 11.0 Å². The number of carbonyl (C=O) groups is 2. The fourth-order valence-electron chi connectivity index (χ4n) is 5.51. The molecule has 1 amide bonds. The van der Waals surface area contributed by atoms with E-state index in [4.69, 9.17) is 19.9 Å². The van der Waals surface area contributed by atoms with Crippen LogP contribution in [0.3, 0.4) is 0 Å². The zero-order valence-corrected chi connectivity index (χ0v) is 26.6. The van der Waals surface area contributed by atoms with Gasteiger partial charge < -0.3 is 25.3 Å². The first-order valence-electron chi connectivity index (χ1n) is 13.8. The lowest BCUT2D eigenvalue weighted by Gasteiger charge is -2.38. The SMILES string of the molecule is COc1cc(OC)c(C2C(C#N)=C(N)N(c3nnc(SCC(=O)Nc4ccc(C)cc4C)s3)C3=C2C(=O)CCC3)cc1OC. The number of nitriles is 1. The lowest BCUT2D eigenvalue weighted by Crippen LogP contribution is -2.38. The molecule has 11 nitrogen and oxygen atoms in total. The number of rotatable bonds is 9. The number of ether oxygens (including phenoxy) is 3. The van der Waals surface area contributed by atoms with E-state index in [1.165, 1.54) is 44.4 Å². The van der Waals surface area contributed by atoms with Crippen LogP contribution in [0.1, 0.15) is 41.9 Å². The Hall–Kier alpha value is -4.54. The van der Waals surface area contributed by atoms with Gasteiger partial charge in [0.25, 0.3) is 0 Å². The minimum atomic E-state index is -0.774. The van der Waals surface area contributed by atoms with Crippen LogP contribution in [-0.2, 0) is 9.59 Å². The van der Waals surface area contributed by atoms with Crippen LogP contribution >= 0.6 is 23.1 Å². The Morgan fingerprint density at radius 3 is 2.52 bits per heavy atom. The Morgan fingerprint density at radius 2 is 1.84 bits per heavy atom. The molecule has 2 aromatic carbocycles. The van der Waals surface area contributed by atoms with E-state index in [0.717, 1.165) is 16.8 Å². The molecule has 44 heavy (non-hydrogen) atoms. The summed E-state index contributed by atoms with van der Waals surface area (Å²) in [5, 5.41) is 22.4. The van der Waals surface area contributed by atoms with Crippen LogP contribution in [-0.4, -0.2) is 49.0 Å². The zero-order valence-electron chi connectivity index (χ0n) is 25.0. The summed E-state index contributed by atoms with van der Waals surface area (Å²) in [5.41, 5.74) is 11.5. The van der Waals surface area contributed by atoms with Crippen LogP contribution in [0.25, 0.3) is 0 Å². The molecule has 0 saturated carbocycles. The van der Waals surface area contributed by atoms with E-state index in [9.17, 15) is 14.9 Å². The van der Waals surface area contributed by atoms with Gasteiger partial charge in [-0.1, -0.05) is 40.8 Å². The van der Waals surface area contributed by atoms with Gasteiger partial charge >= 0.3 is 0 Å². The smallest absolute Gasteiger partial charge is 0.234 e. The maximum atomic E-state index is 13.6. The zero-order chi connectivity index (χ0) is 31.5. The number of Topliss-reactive ketones (excluding diaryl/α,β-unsaturated/α-hetero) is 1. The second-order valence-corrected chi connectivity index (χ2v) is 12.4. The van der Waals surface area contributed by atoms with Crippen molar-refractivity contribution in [2.75, 3.05) is 37.3 Å². The number of allylic oxidation sites excluding steroid dienone is 3.